The Bertz CT molecular complexity index is 907. The summed E-state index contributed by atoms with van der Waals surface area (Å²) >= 11 is 12.0. The Labute approximate surface area is 173 Å². The number of furan rings is 1. The molecule has 1 heterocycles. The summed E-state index contributed by atoms with van der Waals surface area (Å²) in [5, 5.41) is 13.6. The van der Waals surface area contributed by atoms with Crippen molar-refractivity contribution in [3.05, 3.63) is 81.5 Å². The molecular weight excluding hydrogens is 409 g/mol. The molecule has 0 amide bonds. The van der Waals surface area contributed by atoms with Gasteiger partial charge in [0.2, 0.25) is 0 Å². The van der Waals surface area contributed by atoms with Crippen molar-refractivity contribution in [1.82, 2.24) is 5.32 Å². The summed E-state index contributed by atoms with van der Waals surface area (Å²) in [6.07, 6.45) is 0.886. The topological polar surface area (TPSA) is 62.5 Å². The summed E-state index contributed by atoms with van der Waals surface area (Å²) in [6.45, 7) is 1.37. The van der Waals surface area contributed by atoms with Crippen LogP contribution in [-0.4, -0.2) is 17.6 Å². The highest BCUT2D eigenvalue weighted by atomic mass is 35.5. The van der Waals surface area contributed by atoms with Crippen molar-refractivity contribution in [2.45, 2.75) is 13.0 Å². The molecule has 1 aromatic heterocycles. The minimum Gasteiger partial charge on any atom is -0.478 e. The van der Waals surface area contributed by atoms with Gasteiger partial charge in [0.15, 0.2) is 0 Å². The molecular formula is C20H18Cl3NO3. The van der Waals surface area contributed by atoms with Gasteiger partial charge in [-0.25, -0.2) is 4.79 Å². The average molecular weight is 427 g/mol. The van der Waals surface area contributed by atoms with Gasteiger partial charge in [-0.3, -0.25) is 0 Å². The highest BCUT2D eigenvalue weighted by molar-refractivity contribution is 6.33. The largest absolute Gasteiger partial charge is 0.478 e. The first-order valence-corrected chi connectivity index (χ1v) is 8.85. The van der Waals surface area contributed by atoms with Crippen LogP contribution in [0.3, 0.4) is 0 Å². The standard InChI is InChI=1S/C20H17Cl2NO3.ClH/c21-15-4-1-13(2-5-15)9-10-23-12-16-6-8-19(26-16)17-11-14(20(24)25)3-7-18(17)22;/h1-8,11,23H,9-10,12H2,(H,24,25);1H. The van der Waals surface area contributed by atoms with Crippen molar-refractivity contribution >= 4 is 41.6 Å². The van der Waals surface area contributed by atoms with Crippen molar-refractivity contribution < 1.29 is 14.3 Å². The smallest absolute Gasteiger partial charge is 0.335 e. The van der Waals surface area contributed by atoms with Crippen LogP contribution < -0.4 is 5.32 Å². The van der Waals surface area contributed by atoms with E-state index >= 15 is 0 Å². The monoisotopic (exact) mass is 425 g/mol. The van der Waals surface area contributed by atoms with Gasteiger partial charge in [0.1, 0.15) is 11.5 Å². The number of halogens is 3. The molecule has 4 nitrogen and oxygen atoms in total. The number of benzene rings is 2. The molecule has 0 atom stereocenters. The number of carbonyl (C=O) groups is 1. The summed E-state index contributed by atoms with van der Waals surface area (Å²) in [6, 6.07) is 16.0. The van der Waals surface area contributed by atoms with Gasteiger partial charge in [-0.05, 0) is 61.0 Å². The van der Waals surface area contributed by atoms with Crippen LogP contribution in [0.5, 0.6) is 0 Å². The third-order valence-electron chi connectivity index (χ3n) is 3.94. The Morgan fingerprint density at radius 1 is 1.04 bits per heavy atom. The molecule has 3 rings (SSSR count). The van der Waals surface area contributed by atoms with Gasteiger partial charge in [0.05, 0.1) is 17.1 Å². The Morgan fingerprint density at radius 2 is 1.78 bits per heavy atom. The van der Waals surface area contributed by atoms with Crippen LogP contribution in [0, 0.1) is 0 Å². The lowest BCUT2D eigenvalue weighted by atomic mass is 10.1. The molecule has 27 heavy (non-hydrogen) atoms. The molecule has 2 N–H and O–H groups in total. The van der Waals surface area contributed by atoms with E-state index in [4.69, 9.17) is 32.7 Å². The van der Waals surface area contributed by atoms with Crippen molar-refractivity contribution in [3.8, 4) is 11.3 Å². The van der Waals surface area contributed by atoms with Crippen molar-refractivity contribution in [3.63, 3.8) is 0 Å². The second kappa shape index (κ2) is 9.81. The molecule has 0 radical (unpaired) electrons. The minimum atomic E-state index is -1.00. The molecule has 0 aliphatic rings. The van der Waals surface area contributed by atoms with Crippen molar-refractivity contribution in [1.29, 1.82) is 0 Å². The van der Waals surface area contributed by atoms with Gasteiger partial charge in [-0.2, -0.15) is 0 Å². The summed E-state index contributed by atoms with van der Waals surface area (Å²) in [4.78, 5) is 11.1. The molecule has 0 aliphatic heterocycles. The van der Waals surface area contributed by atoms with Gasteiger partial charge >= 0.3 is 5.97 Å². The van der Waals surface area contributed by atoms with E-state index in [-0.39, 0.29) is 18.0 Å². The van der Waals surface area contributed by atoms with Crippen LogP contribution in [-0.2, 0) is 13.0 Å². The number of nitrogens with one attached hydrogen (secondary N) is 1. The van der Waals surface area contributed by atoms with Crippen LogP contribution in [0.15, 0.2) is 59.0 Å². The molecule has 0 saturated heterocycles. The number of aromatic carboxylic acids is 1. The van der Waals surface area contributed by atoms with Crippen LogP contribution >= 0.6 is 35.6 Å². The molecule has 2 aromatic carbocycles. The van der Waals surface area contributed by atoms with Crippen LogP contribution in [0.4, 0.5) is 0 Å². The second-order valence-electron chi connectivity index (χ2n) is 5.82. The Balaban J connectivity index is 0.00000261. The van der Waals surface area contributed by atoms with E-state index in [2.05, 4.69) is 5.32 Å². The molecule has 7 heteroatoms. The maximum absolute atomic E-state index is 11.1. The van der Waals surface area contributed by atoms with E-state index in [1.54, 1.807) is 12.1 Å². The zero-order chi connectivity index (χ0) is 18.5. The molecule has 3 aromatic rings. The Morgan fingerprint density at radius 3 is 2.48 bits per heavy atom. The van der Waals surface area contributed by atoms with E-state index < -0.39 is 5.97 Å². The van der Waals surface area contributed by atoms with Crippen LogP contribution in [0.2, 0.25) is 10.0 Å². The predicted molar refractivity (Wildman–Crippen MR) is 110 cm³/mol. The zero-order valence-electron chi connectivity index (χ0n) is 14.2. The van der Waals surface area contributed by atoms with Gasteiger partial charge in [-0.1, -0.05) is 35.3 Å². The first-order chi connectivity index (χ1) is 12.5. The van der Waals surface area contributed by atoms with Crippen LogP contribution in [0.1, 0.15) is 21.7 Å². The third-order valence-corrected chi connectivity index (χ3v) is 4.52. The van der Waals surface area contributed by atoms with E-state index in [0.717, 1.165) is 23.7 Å². The normalized spacial score (nSPS) is 10.4. The molecule has 0 unspecified atom stereocenters. The van der Waals surface area contributed by atoms with E-state index in [0.29, 0.717) is 22.9 Å². The summed E-state index contributed by atoms with van der Waals surface area (Å²) in [7, 11) is 0. The molecule has 0 bridgehead atoms. The van der Waals surface area contributed by atoms with Crippen molar-refractivity contribution in [2.24, 2.45) is 0 Å². The molecule has 0 aliphatic carbocycles. The Kier molecular flexibility index (Phi) is 7.75. The van der Waals surface area contributed by atoms with Gasteiger partial charge < -0.3 is 14.8 Å². The lowest BCUT2D eigenvalue weighted by Crippen LogP contribution is -2.16. The van der Waals surface area contributed by atoms with E-state index in [1.165, 1.54) is 17.7 Å². The van der Waals surface area contributed by atoms with Crippen LogP contribution in [0.25, 0.3) is 11.3 Å². The highest BCUT2D eigenvalue weighted by Gasteiger charge is 2.12. The lowest BCUT2D eigenvalue weighted by Gasteiger charge is -2.05. The third kappa shape index (κ3) is 5.75. The number of carboxylic acid groups (broad SMARTS) is 1. The van der Waals surface area contributed by atoms with E-state index in [9.17, 15) is 4.79 Å². The number of carboxylic acids is 1. The fourth-order valence-electron chi connectivity index (χ4n) is 2.56. The van der Waals surface area contributed by atoms with Gasteiger partial charge in [-0.15, -0.1) is 12.4 Å². The number of rotatable bonds is 7. The molecule has 0 saturated carbocycles. The van der Waals surface area contributed by atoms with E-state index in [1.807, 2.05) is 30.3 Å². The lowest BCUT2D eigenvalue weighted by molar-refractivity contribution is 0.0697. The summed E-state index contributed by atoms with van der Waals surface area (Å²) in [5.74, 6) is 0.305. The number of hydrogen-bond acceptors (Lipinski definition) is 3. The minimum absolute atomic E-state index is 0. The summed E-state index contributed by atoms with van der Waals surface area (Å²) < 4.78 is 5.80. The zero-order valence-corrected chi connectivity index (χ0v) is 16.6. The fourth-order valence-corrected chi connectivity index (χ4v) is 2.90. The molecule has 142 valence electrons. The Hall–Kier alpha value is -1.98. The second-order valence-corrected chi connectivity index (χ2v) is 6.66. The molecule has 0 fully saturated rings. The first kappa shape index (κ1) is 21.3. The van der Waals surface area contributed by atoms with Crippen molar-refractivity contribution in [2.75, 3.05) is 6.54 Å². The maximum Gasteiger partial charge on any atom is 0.335 e. The van der Waals surface area contributed by atoms with Gasteiger partial charge in [0, 0.05) is 10.6 Å². The van der Waals surface area contributed by atoms with Gasteiger partial charge in [0.25, 0.3) is 0 Å². The quantitative estimate of drug-likeness (QED) is 0.475. The highest BCUT2D eigenvalue weighted by Crippen LogP contribution is 2.30. The summed E-state index contributed by atoms with van der Waals surface area (Å²) in [5.41, 5.74) is 1.95. The molecule has 0 spiro atoms. The first-order valence-electron chi connectivity index (χ1n) is 8.10. The average Bonchev–Trinajstić information content (AvgIpc) is 3.09. The number of hydrogen-bond donors (Lipinski definition) is 2. The SMILES string of the molecule is Cl.O=C(O)c1ccc(Cl)c(-c2ccc(CNCCc3ccc(Cl)cc3)o2)c1. The predicted octanol–water partition coefficient (Wildman–Crippen LogP) is 5.71. The fraction of sp³-hybridized carbons (Fsp3) is 0.150. The maximum atomic E-state index is 11.1.